The van der Waals surface area contributed by atoms with E-state index in [1.54, 1.807) is 0 Å². The minimum absolute atomic E-state index is 0.0192. The highest BCUT2D eigenvalue weighted by Gasteiger charge is 2.20. The molecule has 21 heavy (non-hydrogen) atoms. The number of likely N-dealkylation sites (tertiary alicyclic amines) is 1. The Kier molecular flexibility index (Phi) is 5.79. The zero-order chi connectivity index (χ0) is 15.2. The number of nitrogens with zero attached hydrogens (tertiary/aromatic N) is 1. The van der Waals surface area contributed by atoms with Crippen molar-refractivity contribution in [3.63, 3.8) is 0 Å². The summed E-state index contributed by atoms with van der Waals surface area (Å²) in [6, 6.07) is 7.61. The summed E-state index contributed by atoms with van der Waals surface area (Å²) in [5.74, 6) is 0.461. The summed E-state index contributed by atoms with van der Waals surface area (Å²) in [6.07, 6.45) is 2.54. The molecule has 1 atom stereocenters. The highest BCUT2D eigenvalue weighted by molar-refractivity contribution is 9.10. The van der Waals surface area contributed by atoms with Crippen molar-refractivity contribution in [2.75, 3.05) is 19.6 Å². The number of amides is 2. The summed E-state index contributed by atoms with van der Waals surface area (Å²) in [5, 5.41) is 2.72. The topological polar surface area (TPSA) is 49.4 Å². The summed E-state index contributed by atoms with van der Waals surface area (Å²) in [6.45, 7) is 3.88. The lowest BCUT2D eigenvalue weighted by Crippen LogP contribution is -2.44. The number of halogens is 1. The first-order valence-corrected chi connectivity index (χ1v) is 8.13. The van der Waals surface area contributed by atoms with Gasteiger partial charge in [0.2, 0.25) is 11.8 Å². The summed E-state index contributed by atoms with van der Waals surface area (Å²) in [5.41, 5.74) is 0.940. The molecule has 1 aliphatic heterocycles. The van der Waals surface area contributed by atoms with E-state index in [4.69, 9.17) is 0 Å². The predicted molar refractivity (Wildman–Crippen MR) is 85.8 cm³/mol. The quantitative estimate of drug-likeness (QED) is 0.904. The van der Waals surface area contributed by atoms with Crippen molar-refractivity contribution in [3.8, 4) is 0 Å². The van der Waals surface area contributed by atoms with Gasteiger partial charge in [0.05, 0.1) is 13.0 Å². The van der Waals surface area contributed by atoms with Crippen LogP contribution in [-0.4, -0.2) is 36.3 Å². The van der Waals surface area contributed by atoms with Gasteiger partial charge in [0, 0.05) is 17.6 Å². The van der Waals surface area contributed by atoms with Crippen molar-refractivity contribution in [2.24, 2.45) is 5.92 Å². The standard InChI is InChI=1S/C16H21BrN2O2/c1-12-3-2-8-19(11-12)16(21)10-18-15(20)9-13-4-6-14(17)7-5-13/h4-7,12H,2-3,8-11H2,1H3,(H,18,20). The van der Waals surface area contributed by atoms with Gasteiger partial charge in [0.25, 0.3) is 0 Å². The highest BCUT2D eigenvalue weighted by Crippen LogP contribution is 2.15. The van der Waals surface area contributed by atoms with Crippen LogP contribution in [0.4, 0.5) is 0 Å². The van der Waals surface area contributed by atoms with Crippen molar-refractivity contribution in [1.82, 2.24) is 10.2 Å². The second-order valence-corrected chi connectivity index (χ2v) is 6.58. The molecular formula is C16H21BrN2O2. The number of rotatable bonds is 4. The molecular weight excluding hydrogens is 332 g/mol. The highest BCUT2D eigenvalue weighted by atomic mass is 79.9. The molecule has 1 N–H and O–H groups in total. The van der Waals surface area contributed by atoms with Gasteiger partial charge < -0.3 is 10.2 Å². The summed E-state index contributed by atoms with van der Waals surface area (Å²) in [4.78, 5) is 25.8. The first kappa shape index (κ1) is 16.0. The average molecular weight is 353 g/mol. The first-order chi connectivity index (χ1) is 10.0. The molecule has 0 aromatic heterocycles. The van der Waals surface area contributed by atoms with E-state index in [-0.39, 0.29) is 18.4 Å². The van der Waals surface area contributed by atoms with Gasteiger partial charge >= 0.3 is 0 Å². The number of benzene rings is 1. The molecule has 1 aromatic carbocycles. The second kappa shape index (κ2) is 7.59. The van der Waals surface area contributed by atoms with Crippen LogP contribution in [0, 0.1) is 5.92 Å². The van der Waals surface area contributed by atoms with E-state index in [0.717, 1.165) is 29.5 Å². The molecule has 1 fully saturated rings. The molecule has 1 aliphatic rings. The van der Waals surface area contributed by atoms with Gasteiger partial charge in [0.1, 0.15) is 0 Å². The third-order valence-corrected chi connectivity index (χ3v) is 4.25. The van der Waals surface area contributed by atoms with Gasteiger partial charge in [-0.3, -0.25) is 9.59 Å². The number of hydrogen-bond donors (Lipinski definition) is 1. The number of hydrogen-bond acceptors (Lipinski definition) is 2. The maximum atomic E-state index is 12.1. The van der Waals surface area contributed by atoms with E-state index in [1.807, 2.05) is 29.2 Å². The normalized spacial score (nSPS) is 18.4. The number of carbonyl (C=O) groups is 2. The Hall–Kier alpha value is -1.36. The smallest absolute Gasteiger partial charge is 0.241 e. The largest absolute Gasteiger partial charge is 0.347 e. The molecule has 1 heterocycles. The van der Waals surface area contributed by atoms with Gasteiger partial charge in [0.15, 0.2) is 0 Å². The fourth-order valence-electron chi connectivity index (χ4n) is 2.55. The van der Waals surface area contributed by atoms with Crippen molar-refractivity contribution in [1.29, 1.82) is 0 Å². The van der Waals surface area contributed by atoms with Gasteiger partial charge in [-0.2, -0.15) is 0 Å². The molecule has 1 unspecified atom stereocenters. The Morgan fingerprint density at radius 2 is 2.05 bits per heavy atom. The van der Waals surface area contributed by atoms with Crippen molar-refractivity contribution in [2.45, 2.75) is 26.2 Å². The Bertz CT molecular complexity index is 502. The summed E-state index contributed by atoms with van der Waals surface area (Å²) in [7, 11) is 0. The number of carbonyl (C=O) groups excluding carboxylic acids is 2. The van der Waals surface area contributed by atoms with Crippen molar-refractivity contribution < 1.29 is 9.59 Å². The monoisotopic (exact) mass is 352 g/mol. The van der Waals surface area contributed by atoms with Crippen LogP contribution >= 0.6 is 15.9 Å². The second-order valence-electron chi connectivity index (χ2n) is 5.67. The lowest BCUT2D eigenvalue weighted by Gasteiger charge is -2.31. The lowest BCUT2D eigenvalue weighted by molar-refractivity contribution is -0.134. The molecule has 0 bridgehead atoms. The molecule has 114 valence electrons. The maximum Gasteiger partial charge on any atom is 0.241 e. The van der Waals surface area contributed by atoms with Crippen LogP contribution in [-0.2, 0) is 16.0 Å². The molecule has 0 saturated carbocycles. The van der Waals surface area contributed by atoms with E-state index in [0.29, 0.717) is 12.3 Å². The molecule has 2 rings (SSSR count). The Morgan fingerprint density at radius 3 is 2.71 bits per heavy atom. The van der Waals surface area contributed by atoms with Crippen LogP contribution < -0.4 is 5.32 Å². The van der Waals surface area contributed by atoms with Crippen molar-refractivity contribution >= 4 is 27.7 Å². The number of piperidine rings is 1. The van der Waals surface area contributed by atoms with Crippen LogP contribution in [0.5, 0.6) is 0 Å². The van der Waals surface area contributed by atoms with E-state index < -0.39 is 0 Å². The average Bonchev–Trinajstić information content (AvgIpc) is 2.47. The van der Waals surface area contributed by atoms with Crippen LogP contribution in [0.3, 0.4) is 0 Å². The minimum atomic E-state index is -0.115. The van der Waals surface area contributed by atoms with E-state index >= 15 is 0 Å². The fourth-order valence-corrected chi connectivity index (χ4v) is 2.82. The molecule has 5 heteroatoms. The zero-order valence-electron chi connectivity index (χ0n) is 12.3. The summed E-state index contributed by atoms with van der Waals surface area (Å²) >= 11 is 3.36. The predicted octanol–water partition coefficient (Wildman–Crippen LogP) is 2.37. The van der Waals surface area contributed by atoms with Crippen LogP contribution in [0.25, 0.3) is 0 Å². The molecule has 2 amide bonds. The molecule has 1 saturated heterocycles. The Morgan fingerprint density at radius 1 is 1.33 bits per heavy atom. The van der Waals surface area contributed by atoms with Crippen LogP contribution in [0.1, 0.15) is 25.3 Å². The van der Waals surface area contributed by atoms with Gasteiger partial charge in [-0.05, 0) is 36.5 Å². The molecule has 1 aromatic rings. The number of nitrogens with one attached hydrogen (secondary N) is 1. The Labute approximate surface area is 134 Å². The maximum absolute atomic E-state index is 12.1. The molecule has 0 aliphatic carbocycles. The SMILES string of the molecule is CC1CCCN(C(=O)CNC(=O)Cc2ccc(Br)cc2)C1. The van der Waals surface area contributed by atoms with E-state index in [1.165, 1.54) is 6.42 Å². The minimum Gasteiger partial charge on any atom is -0.347 e. The van der Waals surface area contributed by atoms with Crippen LogP contribution in [0.15, 0.2) is 28.7 Å². The fraction of sp³-hybridized carbons (Fsp3) is 0.500. The lowest BCUT2D eigenvalue weighted by atomic mass is 10.0. The molecule has 0 radical (unpaired) electrons. The van der Waals surface area contributed by atoms with Crippen LogP contribution in [0.2, 0.25) is 0 Å². The van der Waals surface area contributed by atoms with Gasteiger partial charge in [-0.1, -0.05) is 35.0 Å². The zero-order valence-corrected chi connectivity index (χ0v) is 13.9. The molecule has 0 spiro atoms. The molecule has 4 nitrogen and oxygen atoms in total. The van der Waals surface area contributed by atoms with E-state index in [2.05, 4.69) is 28.2 Å². The third kappa shape index (κ3) is 5.16. The Balaban J connectivity index is 1.75. The summed E-state index contributed by atoms with van der Waals surface area (Å²) < 4.78 is 0.987. The van der Waals surface area contributed by atoms with Gasteiger partial charge in [-0.15, -0.1) is 0 Å². The third-order valence-electron chi connectivity index (χ3n) is 3.72. The van der Waals surface area contributed by atoms with E-state index in [9.17, 15) is 9.59 Å². The van der Waals surface area contributed by atoms with Crippen molar-refractivity contribution in [3.05, 3.63) is 34.3 Å². The van der Waals surface area contributed by atoms with Gasteiger partial charge in [-0.25, -0.2) is 0 Å². The first-order valence-electron chi connectivity index (χ1n) is 7.33.